The van der Waals surface area contributed by atoms with Gasteiger partial charge in [0.2, 0.25) is 0 Å². The van der Waals surface area contributed by atoms with E-state index in [-0.39, 0.29) is 0 Å². The van der Waals surface area contributed by atoms with Crippen LogP contribution in [0.5, 0.6) is 0 Å². The van der Waals surface area contributed by atoms with Crippen molar-refractivity contribution in [1.82, 2.24) is 10.2 Å². The van der Waals surface area contributed by atoms with Gasteiger partial charge in [-0.3, -0.25) is 4.90 Å². The zero-order chi connectivity index (χ0) is 13.9. The molecule has 20 heavy (non-hydrogen) atoms. The molecule has 0 aromatic carbocycles. The van der Waals surface area contributed by atoms with Crippen molar-refractivity contribution < 1.29 is 5.11 Å². The molecule has 3 rings (SSSR count). The molecule has 1 heterocycles. The summed E-state index contributed by atoms with van der Waals surface area (Å²) in [5.74, 6) is 2.92. The maximum Gasteiger partial charge on any atom is 0.0443 e. The monoisotopic (exact) mass is 280 g/mol. The predicted octanol–water partition coefficient (Wildman–Crippen LogP) is 2.25. The smallest absolute Gasteiger partial charge is 0.0443 e. The van der Waals surface area contributed by atoms with Crippen molar-refractivity contribution in [3.8, 4) is 0 Å². The van der Waals surface area contributed by atoms with E-state index >= 15 is 0 Å². The maximum absolute atomic E-state index is 8.94. The van der Waals surface area contributed by atoms with Gasteiger partial charge in [-0.05, 0) is 56.4 Å². The molecule has 0 amide bonds. The first-order valence-corrected chi connectivity index (χ1v) is 8.83. The minimum atomic E-state index is 0.315. The van der Waals surface area contributed by atoms with Crippen molar-refractivity contribution in [2.45, 2.75) is 64.0 Å². The van der Waals surface area contributed by atoms with Crippen LogP contribution in [0.2, 0.25) is 0 Å². The van der Waals surface area contributed by atoms with Crippen molar-refractivity contribution in [3.63, 3.8) is 0 Å². The fourth-order valence-electron chi connectivity index (χ4n) is 4.23. The quantitative estimate of drug-likeness (QED) is 0.702. The number of likely N-dealkylation sites (tertiary alicyclic amines) is 1. The van der Waals surface area contributed by atoms with Crippen LogP contribution >= 0.6 is 0 Å². The van der Waals surface area contributed by atoms with Gasteiger partial charge in [0.25, 0.3) is 0 Å². The first-order valence-electron chi connectivity index (χ1n) is 8.83. The Morgan fingerprint density at radius 2 is 1.90 bits per heavy atom. The molecule has 1 saturated heterocycles. The minimum absolute atomic E-state index is 0.315. The van der Waals surface area contributed by atoms with Crippen LogP contribution < -0.4 is 5.32 Å². The van der Waals surface area contributed by atoms with Gasteiger partial charge in [-0.2, -0.15) is 0 Å². The number of piperidine rings is 1. The summed E-state index contributed by atoms with van der Waals surface area (Å²) in [5, 5.41) is 12.6. The largest absolute Gasteiger partial charge is 0.396 e. The fraction of sp³-hybridized carbons (Fsp3) is 1.00. The van der Waals surface area contributed by atoms with Gasteiger partial charge in [0.15, 0.2) is 0 Å². The summed E-state index contributed by atoms with van der Waals surface area (Å²) in [6.45, 7) is 6.27. The summed E-state index contributed by atoms with van der Waals surface area (Å²) in [7, 11) is 0. The molecule has 0 bridgehead atoms. The number of aliphatic hydroxyl groups is 1. The van der Waals surface area contributed by atoms with E-state index in [0.29, 0.717) is 12.6 Å². The first kappa shape index (κ1) is 14.8. The molecule has 2 atom stereocenters. The zero-order valence-corrected chi connectivity index (χ0v) is 13.1. The molecule has 3 heteroatoms. The molecule has 2 saturated carbocycles. The second-order valence-electron chi connectivity index (χ2n) is 7.69. The molecule has 2 aliphatic carbocycles. The first-order chi connectivity index (χ1) is 9.74. The number of rotatable bonds is 7. The summed E-state index contributed by atoms with van der Waals surface area (Å²) in [6, 6.07) is 1.53. The highest BCUT2D eigenvalue weighted by Gasteiger charge is 2.37. The highest BCUT2D eigenvalue weighted by atomic mass is 16.3. The molecular formula is C17H32N2O. The lowest BCUT2D eigenvalue weighted by atomic mass is 9.78. The average molecular weight is 280 g/mol. The lowest BCUT2D eigenvalue weighted by molar-refractivity contribution is 0.0306. The Hall–Kier alpha value is -0.120. The van der Waals surface area contributed by atoms with E-state index in [9.17, 15) is 0 Å². The molecule has 2 unspecified atom stereocenters. The topological polar surface area (TPSA) is 35.5 Å². The van der Waals surface area contributed by atoms with Crippen molar-refractivity contribution in [1.29, 1.82) is 0 Å². The van der Waals surface area contributed by atoms with Gasteiger partial charge < -0.3 is 10.4 Å². The Bertz CT molecular complexity index is 299. The summed E-state index contributed by atoms with van der Waals surface area (Å²) in [4.78, 5) is 2.78. The third-order valence-corrected chi connectivity index (χ3v) is 5.56. The van der Waals surface area contributed by atoms with Crippen molar-refractivity contribution in [2.24, 2.45) is 17.8 Å². The zero-order valence-electron chi connectivity index (χ0n) is 13.1. The van der Waals surface area contributed by atoms with Crippen molar-refractivity contribution >= 4 is 0 Å². The minimum Gasteiger partial charge on any atom is -0.396 e. The number of aliphatic hydroxyl groups excluding tert-OH is 1. The van der Waals surface area contributed by atoms with Crippen LogP contribution in [0.1, 0.15) is 51.9 Å². The Labute approximate surface area is 124 Å². The van der Waals surface area contributed by atoms with Gasteiger partial charge in [0, 0.05) is 31.8 Å². The molecule has 116 valence electrons. The average Bonchev–Trinajstić information content (AvgIpc) is 3.19. The van der Waals surface area contributed by atoms with Gasteiger partial charge in [-0.15, -0.1) is 0 Å². The predicted molar refractivity (Wildman–Crippen MR) is 82.7 cm³/mol. The van der Waals surface area contributed by atoms with Crippen LogP contribution in [0, 0.1) is 17.8 Å². The van der Waals surface area contributed by atoms with E-state index in [2.05, 4.69) is 17.1 Å². The van der Waals surface area contributed by atoms with Crippen molar-refractivity contribution in [3.05, 3.63) is 0 Å². The normalized spacial score (nSPS) is 38.7. The summed E-state index contributed by atoms with van der Waals surface area (Å²) >= 11 is 0. The molecule has 0 spiro atoms. The Morgan fingerprint density at radius 1 is 1.10 bits per heavy atom. The van der Waals surface area contributed by atoms with E-state index in [0.717, 1.165) is 36.8 Å². The lowest BCUT2D eigenvalue weighted by Gasteiger charge is -2.48. The molecule has 1 aliphatic heterocycles. The summed E-state index contributed by atoms with van der Waals surface area (Å²) in [6.07, 6.45) is 9.53. The molecule has 2 N–H and O–H groups in total. The molecular weight excluding hydrogens is 248 g/mol. The molecule has 0 aromatic heterocycles. The van der Waals surface area contributed by atoms with Crippen LogP contribution in [0.4, 0.5) is 0 Å². The Balaban J connectivity index is 1.50. The third kappa shape index (κ3) is 3.96. The van der Waals surface area contributed by atoms with E-state index in [4.69, 9.17) is 5.11 Å². The third-order valence-electron chi connectivity index (χ3n) is 5.56. The van der Waals surface area contributed by atoms with Crippen LogP contribution in [0.3, 0.4) is 0 Å². The molecule has 3 aliphatic rings. The van der Waals surface area contributed by atoms with E-state index in [1.54, 1.807) is 0 Å². The van der Waals surface area contributed by atoms with Gasteiger partial charge in [0.05, 0.1) is 0 Å². The molecule has 3 fully saturated rings. The van der Waals surface area contributed by atoms with Gasteiger partial charge in [0.1, 0.15) is 0 Å². The van der Waals surface area contributed by atoms with Crippen LogP contribution in [-0.2, 0) is 0 Å². The molecule has 0 aromatic rings. The standard InChI is InChI=1S/C17H32N2O/c1-13-7-17(8-13)19-11-15(9-14-3-4-14)10-16(12-19)18-5-2-6-20/h13-18,20H,2-12H2,1H3. The Morgan fingerprint density at radius 3 is 2.55 bits per heavy atom. The maximum atomic E-state index is 8.94. The van der Waals surface area contributed by atoms with E-state index < -0.39 is 0 Å². The number of nitrogens with one attached hydrogen (secondary N) is 1. The van der Waals surface area contributed by atoms with Crippen LogP contribution in [-0.4, -0.2) is 48.3 Å². The number of nitrogens with zero attached hydrogens (tertiary/aromatic N) is 1. The lowest BCUT2D eigenvalue weighted by Crippen LogP contribution is -2.55. The van der Waals surface area contributed by atoms with Crippen LogP contribution in [0.15, 0.2) is 0 Å². The van der Waals surface area contributed by atoms with Gasteiger partial charge in [-0.25, -0.2) is 0 Å². The highest BCUT2D eigenvalue weighted by Crippen LogP contribution is 2.40. The SMILES string of the molecule is CC1CC(N2CC(CC3CC3)CC(NCCCO)C2)C1. The fourth-order valence-corrected chi connectivity index (χ4v) is 4.23. The second kappa shape index (κ2) is 6.76. The second-order valence-corrected chi connectivity index (χ2v) is 7.69. The Kier molecular flexibility index (Phi) is 5.00. The van der Waals surface area contributed by atoms with Gasteiger partial charge >= 0.3 is 0 Å². The molecule has 3 nitrogen and oxygen atoms in total. The number of hydrogen-bond acceptors (Lipinski definition) is 3. The van der Waals surface area contributed by atoms with Gasteiger partial charge in [-0.1, -0.05) is 19.8 Å². The van der Waals surface area contributed by atoms with Crippen LogP contribution in [0.25, 0.3) is 0 Å². The van der Waals surface area contributed by atoms with E-state index in [1.807, 2.05) is 0 Å². The molecule has 0 radical (unpaired) electrons. The number of hydrogen-bond donors (Lipinski definition) is 2. The highest BCUT2D eigenvalue weighted by molar-refractivity contribution is 4.93. The van der Waals surface area contributed by atoms with E-state index in [1.165, 1.54) is 51.6 Å². The summed E-state index contributed by atoms with van der Waals surface area (Å²) < 4.78 is 0. The van der Waals surface area contributed by atoms with Crippen molar-refractivity contribution in [2.75, 3.05) is 26.2 Å². The summed E-state index contributed by atoms with van der Waals surface area (Å²) in [5.41, 5.74) is 0.